The number of pyridine rings is 1. The van der Waals surface area contributed by atoms with E-state index in [9.17, 15) is 19.5 Å². The van der Waals surface area contributed by atoms with Crippen molar-refractivity contribution in [1.29, 1.82) is 0 Å². The topological polar surface area (TPSA) is 118 Å². The fourth-order valence-corrected chi connectivity index (χ4v) is 5.68. The smallest absolute Gasteiger partial charge is 0.308 e. The number of ether oxygens (including phenoxy) is 1. The van der Waals surface area contributed by atoms with Gasteiger partial charge in [0.15, 0.2) is 0 Å². The van der Waals surface area contributed by atoms with Crippen LogP contribution >= 0.6 is 0 Å². The normalized spacial score (nSPS) is 21.0. The van der Waals surface area contributed by atoms with E-state index in [1.165, 1.54) is 6.07 Å². The largest absolute Gasteiger partial charge is 0.493 e. The van der Waals surface area contributed by atoms with Gasteiger partial charge in [0.05, 0.1) is 19.1 Å². The summed E-state index contributed by atoms with van der Waals surface area (Å²) in [4.78, 5) is 42.1. The van der Waals surface area contributed by atoms with Crippen LogP contribution in [0.4, 0.5) is 0 Å². The standard InChI is InChI=1S/C28H38N4O5/c1-2-3-12-31(15-11-29)26(34)19-32-18-22(20-7-8-24-21(17-20)10-16-37-24)27(28(35)36)23(32)9-14-30-13-5-4-6-25(30)33/h4-8,13,17,22-23,27H,2-3,9-12,14-16,18-19,29H2,1H3,(H,35,36)/t22-,23+,27-/m1/s1. The van der Waals surface area contributed by atoms with E-state index in [0.29, 0.717) is 45.8 Å². The van der Waals surface area contributed by atoms with E-state index >= 15 is 0 Å². The van der Waals surface area contributed by atoms with Gasteiger partial charge < -0.3 is 25.0 Å². The molecule has 0 spiro atoms. The summed E-state index contributed by atoms with van der Waals surface area (Å²) in [5.74, 6) is -1.03. The van der Waals surface area contributed by atoms with Gasteiger partial charge in [0.25, 0.3) is 0 Å². The molecule has 1 aromatic heterocycles. The molecule has 0 radical (unpaired) electrons. The highest BCUT2D eigenvalue weighted by Gasteiger charge is 2.47. The lowest BCUT2D eigenvalue weighted by Crippen LogP contribution is -2.46. The van der Waals surface area contributed by atoms with Crippen LogP contribution in [-0.4, -0.2) is 76.7 Å². The number of carboxylic acid groups (broad SMARTS) is 1. The van der Waals surface area contributed by atoms with Crippen LogP contribution in [-0.2, 0) is 22.6 Å². The van der Waals surface area contributed by atoms with Gasteiger partial charge in [-0.2, -0.15) is 0 Å². The molecule has 1 aromatic carbocycles. The molecule has 0 bridgehead atoms. The summed E-state index contributed by atoms with van der Waals surface area (Å²) < 4.78 is 7.24. The monoisotopic (exact) mass is 510 g/mol. The maximum absolute atomic E-state index is 13.4. The summed E-state index contributed by atoms with van der Waals surface area (Å²) in [7, 11) is 0. The van der Waals surface area contributed by atoms with E-state index in [1.807, 2.05) is 17.0 Å². The molecular formula is C28H38N4O5. The molecule has 9 nitrogen and oxygen atoms in total. The van der Waals surface area contributed by atoms with Gasteiger partial charge in [0, 0.05) is 63.4 Å². The number of unbranched alkanes of at least 4 members (excludes halogenated alkanes) is 1. The van der Waals surface area contributed by atoms with Gasteiger partial charge in [0.2, 0.25) is 11.5 Å². The number of hydrogen-bond acceptors (Lipinski definition) is 6. The summed E-state index contributed by atoms with van der Waals surface area (Å²) >= 11 is 0. The number of aliphatic carboxylic acids is 1. The Labute approximate surface area is 217 Å². The number of fused-ring (bicyclic) bond motifs is 1. The molecule has 200 valence electrons. The highest BCUT2D eigenvalue weighted by molar-refractivity contribution is 5.79. The maximum atomic E-state index is 13.4. The molecule has 3 atom stereocenters. The van der Waals surface area contributed by atoms with E-state index in [2.05, 4.69) is 13.0 Å². The SMILES string of the molecule is CCCCN(CCN)C(=O)CN1C[C@H](c2ccc3c(c2)CCO3)[C@@H](C(=O)O)[C@@H]1CCn1ccccc1=O. The van der Waals surface area contributed by atoms with Crippen LogP contribution in [0.25, 0.3) is 0 Å². The zero-order valence-electron chi connectivity index (χ0n) is 21.6. The highest BCUT2D eigenvalue weighted by Crippen LogP contribution is 2.41. The first-order valence-electron chi connectivity index (χ1n) is 13.3. The lowest BCUT2D eigenvalue weighted by molar-refractivity contribution is -0.144. The Morgan fingerprint density at radius 3 is 2.78 bits per heavy atom. The Kier molecular flexibility index (Phi) is 9.00. The molecule has 1 fully saturated rings. The fraction of sp³-hybridized carbons (Fsp3) is 0.536. The Hall–Kier alpha value is -3.17. The van der Waals surface area contributed by atoms with Gasteiger partial charge in [-0.05, 0) is 36.1 Å². The van der Waals surface area contributed by atoms with Gasteiger partial charge in [-0.25, -0.2) is 0 Å². The van der Waals surface area contributed by atoms with Crippen molar-refractivity contribution >= 4 is 11.9 Å². The summed E-state index contributed by atoms with van der Waals surface area (Å²) in [6.07, 6.45) is 4.84. The molecule has 2 aromatic rings. The number of carbonyl (C=O) groups is 2. The Bertz CT molecular complexity index is 1150. The maximum Gasteiger partial charge on any atom is 0.308 e. The summed E-state index contributed by atoms with van der Waals surface area (Å²) in [5.41, 5.74) is 7.70. The van der Waals surface area contributed by atoms with E-state index in [4.69, 9.17) is 10.5 Å². The quantitative estimate of drug-likeness (QED) is 0.448. The van der Waals surface area contributed by atoms with Crippen molar-refractivity contribution in [3.63, 3.8) is 0 Å². The van der Waals surface area contributed by atoms with Crippen molar-refractivity contribution in [1.82, 2.24) is 14.4 Å². The minimum atomic E-state index is -0.882. The molecule has 1 saturated heterocycles. The molecule has 4 rings (SSSR count). The number of hydrogen-bond donors (Lipinski definition) is 2. The first kappa shape index (κ1) is 26.9. The number of amides is 1. The Morgan fingerprint density at radius 2 is 2.05 bits per heavy atom. The van der Waals surface area contributed by atoms with Crippen LogP contribution in [0, 0.1) is 5.92 Å². The predicted octanol–water partition coefficient (Wildman–Crippen LogP) is 1.93. The number of aromatic nitrogens is 1. The second kappa shape index (κ2) is 12.4. The molecule has 0 unspecified atom stereocenters. The number of benzene rings is 1. The van der Waals surface area contributed by atoms with Crippen LogP contribution in [0.2, 0.25) is 0 Å². The number of carboxylic acids is 1. The molecule has 37 heavy (non-hydrogen) atoms. The molecule has 2 aliphatic heterocycles. The Balaban J connectivity index is 1.61. The molecule has 0 aliphatic carbocycles. The van der Waals surface area contributed by atoms with Gasteiger partial charge in [-0.15, -0.1) is 0 Å². The van der Waals surface area contributed by atoms with Gasteiger partial charge in [0.1, 0.15) is 5.75 Å². The second-order valence-corrected chi connectivity index (χ2v) is 9.98. The number of nitrogens with two attached hydrogens (primary N) is 1. The van der Waals surface area contributed by atoms with Crippen molar-refractivity contribution in [2.45, 2.75) is 51.1 Å². The minimum Gasteiger partial charge on any atom is -0.493 e. The van der Waals surface area contributed by atoms with E-state index in [1.54, 1.807) is 27.8 Å². The molecular weight excluding hydrogens is 472 g/mol. The lowest BCUT2D eigenvalue weighted by Gasteiger charge is -2.29. The highest BCUT2D eigenvalue weighted by atomic mass is 16.5. The third-order valence-corrected chi connectivity index (χ3v) is 7.61. The van der Waals surface area contributed by atoms with Crippen LogP contribution in [0.1, 0.15) is 43.2 Å². The second-order valence-electron chi connectivity index (χ2n) is 9.98. The third-order valence-electron chi connectivity index (χ3n) is 7.61. The van der Waals surface area contributed by atoms with Gasteiger partial charge >= 0.3 is 5.97 Å². The van der Waals surface area contributed by atoms with Crippen molar-refractivity contribution < 1.29 is 19.4 Å². The van der Waals surface area contributed by atoms with Crippen LogP contribution in [0.15, 0.2) is 47.4 Å². The van der Waals surface area contributed by atoms with Crippen LogP contribution in [0.3, 0.4) is 0 Å². The average molecular weight is 511 g/mol. The predicted molar refractivity (Wildman–Crippen MR) is 141 cm³/mol. The molecule has 9 heteroatoms. The van der Waals surface area contributed by atoms with Crippen molar-refractivity contribution in [3.8, 4) is 5.75 Å². The van der Waals surface area contributed by atoms with Gasteiger partial charge in [-0.1, -0.05) is 31.5 Å². The fourth-order valence-electron chi connectivity index (χ4n) is 5.68. The summed E-state index contributed by atoms with van der Waals surface area (Å²) in [6, 6.07) is 10.5. The zero-order valence-corrected chi connectivity index (χ0v) is 21.6. The molecule has 3 N–H and O–H groups in total. The summed E-state index contributed by atoms with van der Waals surface area (Å²) in [5, 5.41) is 10.4. The first-order valence-corrected chi connectivity index (χ1v) is 13.3. The van der Waals surface area contributed by atoms with E-state index < -0.39 is 17.9 Å². The molecule has 0 saturated carbocycles. The van der Waals surface area contributed by atoms with Crippen molar-refractivity contribution in [2.24, 2.45) is 11.7 Å². The number of rotatable bonds is 12. The van der Waals surface area contributed by atoms with Gasteiger partial charge in [-0.3, -0.25) is 19.3 Å². The molecule has 2 aliphatic rings. The average Bonchev–Trinajstić information content (AvgIpc) is 3.50. The third kappa shape index (κ3) is 6.22. The minimum absolute atomic E-state index is 0.0343. The number of likely N-dealkylation sites (tertiary alicyclic amines) is 1. The lowest BCUT2D eigenvalue weighted by atomic mass is 9.83. The van der Waals surface area contributed by atoms with Crippen molar-refractivity contribution in [3.05, 3.63) is 64.1 Å². The van der Waals surface area contributed by atoms with Crippen molar-refractivity contribution in [2.75, 3.05) is 39.3 Å². The molecule has 1 amide bonds. The number of carbonyl (C=O) groups excluding carboxylic acids is 1. The zero-order chi connectivity index (χ0) is 26.4. The van der Waals surface area contributed by atoms with E-state index in [0.717, 1.165) is 36.1 Å². The number of aryl methyl sites for hydroxylation is 1. The van der Waals surface area contributed by atoms with Crippen LogP contribution < -0.4 is 16.0 Å². The summed E-state index contributed by atoms with van der Waals surface area (Å²) in [6.45, 7) is 5.19. The molecule has 3 heterocycles. The Morgan fingerprint density at radius 1 is 1.22 bits per heavy atom. The van der Waals surface area contributed by atoms with Crippen LogP contribution in [0.5, 0.6) is 5.75 Å². The first-order chi connectivity index (χ1) is 17.9. The van der Waals surface area contributed by atoms with E-state index in [-0.39, 0.29) is 23.9 Å². The number of nitrogens with zero attached hydrogens (tertiary/aromatic N) is 3.